The molecule has 2 fully saturated rings. The van der Waals surface area contributed by atoms with E-state index >= 15 is 0 Å². The molecule has 2 saturated heterocycles. The Labute approximate surface area is 174 Å². The van der Waals surface area contributed by atoms with Crippen molar-refractivity contribution in [3.8, 4) is 6.07 Å². The lowest BCUT2D eigenvalue weighted by atomic mass is 10.2. The highest BCUT2D eigenvalue weighted by Gasteiger charge is 2.52. The number of hydrogen-bond acceptors (Lipinski definition) is 8. The number of anilines is 1. The fourth-order valence-electron chi connectivity index (χ4n) is 3.34. The minimum Gasteiger partial charge on any atom is -0.315 e. The van der Waals surface area contributed by atoms with E-state index in [1.807, 2.05) is 19.1 Å². The van der Waals surface area contributed by atoms with Crippen LogP contribution in [0.4, 0.5) is 5.13 Å². The predicted molar refractivity (Wildman–Crippen MR) is 110 cm³/mol. The van der Waals surface area contributed by atoms with Crippen molar-refractivity contribution in [1.29, 1.82) is 5.26 Å². The van der Waals surface area contributed by atoms with E-state index in [2.05, 4.69) is 21.6 Å². The highest BCUT2D eigenvalue weighted by molar-refractivity contribution is 8.01. The number of thioether (sulfide) groups is 2. The molecule has 144 valence electrons. The molecule has 0 spiro atoms. The Kier molecular flexibility index (Phi) is 5.31. The van der Waals surface area contributed by atoms with Crippen LogP contribution in [0.15, 0.2) is 28.6 Å². The SMILES string of the molecule is CC12CCC(=O)N1C(C(=O)Nc1nnc(SCc3ccc(C#N)cc3)s1)CS2. The normalized spacial score (nSPS) is 23.5. The minimum atomic E-state index is -0.455. The second kappa shape index (κ2) is 7.73. The molecule has 2 atom stereocenters. The van der Waals surface area contributed by atoms with Gasteiger partial charge in [0.25, 0.3) is 0 Å². The summed E-state index contributed by atoms with van der Waals surface area (Å²) in [6.07, 6.45) is 1.29. The standard InChI is InChI=1S/C18H17N5O2S3/c1-18-7-6-14(24)23(18)13(10-27-18)15(25)20-16-21-22-17(28-16)26-9-12-4-2-11(8-19)3-5-12/h2-5,13H,6-7,9-10H2,1H3,(H,20,21,25). The molecule has 28 heavy (non-hydrogen) atoms. The molecule has 2 unspecified atom stereocenters. The third-order valence-electron chi connectivity index (χ3n) is 4.83. The summed E-state index contributed by atoms with van der Waals surface area (Å²) in [5.41, 5.74) is 1.71. The van der Waals surface area contributed by atoms with E-state index in [1.165, 1.54) is 23.1 Å². The lowest BCUT2D eigenvalue weighted by molar-refractivity contribution is -0.135. The molecule has 0 aliphatic carbocycles. The highest BCUT2D eigenvalue weighted by Crippen LogP contribution is 2.47. The van der Waals surface area contributed by atoms with Crippen molar-refractivity contribution in [2.24, 2.45) is 0 Å². The van der Waals surface area contributed by atoms with Gasteiger partial charge in [-0.1, -0.05) is 35.2 Å². The molecule has 2 aliphatic rings. The third kappa shape index (κ3) is 3.74. The van der Waals surface area contributed by atoms with Crippen LogP contribution < -0.4 is 5.32 Å². The first-order chi connectivity index (χ1) is 13.5. The van der Waals surface area contributed by atoms with Crippen molar-refractivity contribution in [3.05, 3.63) is 35.4 Å². The van der Waals surface area contributed by atoms with Gasteiger partial charge in [-0.3, -0.25) is 14.9 Å². The topological polar surface area (TPSA) is 99.0 Å². The number of benzene rings is 1. The van der Waals surface area contributed by atoms with E-state index in [4.69, 9.17) is 5.26 Å². The van der Waals surface area contributed by atoms with Gasteiger partial charge < -0.3 is 4.90 Å². The summed E-state index contributed by atoms with van der Waals surface area (Å²) in [5, 5.41) is 20.3. The molecule has 2 aliphatic heterocycles. The molecular weight excluding hydrogens is 414 g/mol. The van der Waals surface area contributed by atoms with Gasteiger partial charge in [0.2, 0.25) is 16.9 Å². The van der Waals surface area contributed by atoms with Crippen LogP contribution in [0.2, 0.25) is 0 Å². The summed E-state index contributed by atoms with van der Waals surface area (Å²) in [6.45, 7) is 2.03. The number of carbonyl (C=O) groups excluding carboxylic acids is 2. The lowest BCUT2D eigenvalue weighted by Crippen LogP contribution is -2.48. The van der Waals surface area contributed by atoms with Crippen molar-refractivity contribution in [3.63, 3.8) is 0 Å². The number of nitriles is 1. The van der Waals surface area contributed by atoms with Gasteiger partial charge in [-0.05, 0) is 31.0 Å². The number of nitrogens with one attached hydrogen (secondary N) is 1. The average Bonchev–Trinajstić information content (AvgIpc) is 3.36. The van der Waals surface area contributed by atoms with E-state index < -0.39 is 6.04 Å². The molecule has 3 heterocycles. The van der Waals surface area contributed by atoms with Gasteiger partial charge in [0.15, 0.2) is 4.34 Å². The molecule has 10 heteroatoms. The predicted octanol–water partition coefficient (Wildman–Crippen LogP) is 3.09. The van der Waals surface area contributed by atoms with Crippen LogP contribution in [0.3, 0.4) is 0 Å². The van der Waals surface area contributed by atoms with Crippen LogP contribution in [0.1, 0.15) is 30.9 Å². The molecule has 1 aromatic heterocycles. The van der Waals surface area contributed by atoms with Gasteiger partial charge in [-0.25, -0.2) is 0 Å². The monoisotopic (exact) mass is 431 g/mol. The Morgan fingerprint density at radius 1 is 1.43 bits per heavy atom. The van der Waals surface area contributed by atoms with Crippen LogP contribution in [-0.2, 0) is 15.3 Å². The summed E-state index contributed by atoms with van der Waals surface area (Å²) in [4.78, 5) is 26.3. The Bertz CT molecular complexity index is 955. The van der Waals surface area contributed by atoms with E-state index in [1.54, 1.807) is 28.8 Å². The van der Waals surface area contributed by atoms with Gasteiger partial charge in [0.05, 0.1) is 16.5 Å². The summed E-state index contributed by atoms with van der Waals surface area (Å²) < 4.78 is 0.752. The second-order valence-corrected chi connectivity index (χ2v) is 10.4. The maximum atomic E-state index is 12.7. The van der Waals surface area contributed by atoms with Gasteiger partial charge in [0.1, 0.15) is 6.04 Å². The smallest absolute Gasteiger partial charge is 0.249 e. The summed E-state index contributed by atoms with van der Waals surface area (Å²) >= 11 is 4.51. The molecule has 0 bridgehead atoms. The molecule has 4 rings (SSSR count). The van der Waals surface area contributed by atoms with Gasteiger partial charge in [-0.2, -0.15) is 5.26 Å². The second-order valence-electron chi connectivity index (χ2n) is 6.73. The average molecular weight is 432 g/mol. The Hall–Kier alpha value is -2.09. The van der Waals surface area contributed by atoms with Crippen LogP contribution >= 0.6 is 34.9 Å². The fourth-order valence-corrected chi connectivity index (χ4v) is 6.49. The van der Waals surface area contributed by atoms with Crippen molar-refractivity contribution in [2.45, 2.75) is 40.8 Å². The fraction of sp³-hybridized carbons (Fsp3) is 0.389. The summed E-state index contributed by atoms with van der Waals surface area (Å²) in [5.74, 6) is 1.15. The van der Waals surface area contributed by atoms with E-state index in [0.717, 1.165) is 16.3 Å². The van der Waals surface area contributed by atoms with Gasteiger partial charge >= 0.3 is 0 Å². The maximum absolute atomic E-state index is 12.7. The number of amides is 2. The molecule has 2 amide bonds. The summed E-state index contributed by atoms with van der Waals surface area (Å²) in [6, 6.07) is 9.04. The molecule has 0 saturated carbocycles. The van der Waals surface area contributed by atoms with Crippen LogP contribution in [-0.4, -0.2) is 43.6 Å². The molecule has 2 aromatic rings. The zero-order chi connectivity index (χ0) is 19.7. The lowest BCUT2D eigenvalue weighted by Gasteiger charge is -2.29. The Morgan fingerprint density at radius 3 is 2.96 bits per heavy atom. The first kappa shape index (κ1) is 19.2. The largest absolute Gasteiger partial charge is 0.315 e. The highest BCUT2D eigenvalue weighted by atomic mass is 32.2. The molecule has 1 N–H and O–H groups in total. The molecule has 0 radical (unpaired) electrons. The van der Waals surface area contributed by atoms with Crippen LogP contribution in [0.25, 0.3) is 0 Å². The Balaban J connectivity index is 1.35. The molecule has 1 aromatic carbocycles. The summed E-state index contributed by atoms with van der Waals surface area (Å²) in [7, 11) is 0. The zero-order valence-electron chi connectivity index (χ0n) is 15.0. The van der Waals surface area contributed by atoms with Crippen LogP contribution in [0, 0.1) is 11.3 Å². The number of nitrogens with zero attached hydrogens (tertiary/aromatic N) is 4. The Morgan fingerprint density at radius 2 is 2.21 bits per heavy atom. The number of hydrogen-bond donors (Lipinski definition) is 1. The van der Waals surface area contributed by atoms with Crippen molar-refractivity contribution in [1.82, 2.24) is 15.1 Å². The first-order valence-corrected chi connectivity index (χ1v) is 11.5. The minimum absolute atomic E-state index is 0.0450. The first-order valence-electron chi connectivity index (χ1n) is 8.71. The van der Waals surface area contributed by atoms with E-state index in [9.17, 15) is 9.59 Å². The molecular formula is C18H17N5O2S3. The van der Waals surface area contributed by atoms with Crippen molar-refractivity contribution < 1.29 is 9.59 Å². The number of carbonyl (C=O) groups is 2. The van der Waals surface area contributed by atoms with Gasteiger partial charge in [0, 0.05) is 17.9 Å². The van der Waals surface area contributed by atoms with Gasteiger partial charge in [-0.15, -0.1) is 22.0 Å². The van der Waals surface area contributed by atoms with E-state index in [-0.39, 0.29) is 16.7 Å². The molecule has 7 nitrogen and oxygen atoms in total. The third-order valence-corrected chi connectivity index (χ3v) is 8.38. The maximum Gasteiger partial charge on any atom is 0.249 e. The number of rotatable bonds is 5. The zero-order valence-corrected chi connectivity index (χ0v) is 17.5. The van der Waals surface area contributed by atoms with Crippen molar-refractivity contribution in [2.75, 3.05) is 11.1 Å². The van der Waals surface area contributed by atoms with Crippen LogP contribution in [0.5, 0.6) is 0 Å². The quantitative estimate of drug-likeness (QED) is 0.574. The number of aromatic nitrogens is 2. The number of fused-ring (bicyclic) bond motifs is 1. The van der Waals surface area contributed by atoms with E-state index in [0.29, 0.717) is 28.6 Å². The van der Waals surface area contributed by atoms with Crippen molar-refractivity contribution >= 4 is 51.8 Å².